The lowest BCUT2D eigenvalue weighted by atomic mass is 10.3. The molecule has 2 saturated heterocycles. The van der Waals surface area contributed by atoms with E-state index in [1.165, 1.54) is 24.9 Å². The van der Waals surface area contributed by atoms with Crippen LogP contribution in [-0.2, 0) is 8.85 Å². The Kier molecular flexibility index (Phi) is 2.04. The van der Waals surface area contributed by atoms with Gasteiger partial charge in [-0.3, -0.25) is 0 Å². The molecule has 2 fully saturated rings. The lowest BCUT2D eigenvalue weighted by molar-refractivity contribution is 0.0599. The van der Waals surface area contributed by atoms with Crippen LogP contribution in [0.4, 0.5) is 0 Å². The SMILES string of the molecule is CC1CCO[Si]2(CCCC2)O1. The van der Waals surface area contributed by atoms with Crippen LogP contribution in [0, 0.1) is 0 Å². The third-order valence-corrected chi connectivity index (χ3v) is 6.46. The second-order valence-electron chi connectivity index (χ2n) is 3.68. The Bertz CT molecular complexity index is 143. The van der Waals surface area contributed by atoms with Crippen LogP contribution < -0.4 is 0 Å². The molecule has 1 unspecified atom stereocenters. The summed E-state index contributed by atoms with van der Waals surface area (Å²) in [6.45, 7) is 3.13. The number of hydrogen-bond donors (Lipinski definition) is 0. The fraction of sp³-hybridized carbons (Fsp3) is 1.00. The van der Waals surface area contributed by atoms with Crippen molar-refractivity contribution in [2.75, 3.05) is 6.61 Å². The summed E-state index contributed by atoms with van der Waals surface area (Å²) in [4.78, 5) is 0. The van der Waals surface area contributed by atoms with Crippen molar-refractivity contribution in [2.24, 2.45) is 0 Å². The molecule has 3 heteroatoms. The third kappa shape index (κ3) is 1.50. The Labute approximate surface area is 69.1 Å². The minimum Gasteiger partial charge on any atom is -0.394 e. The van der Waals surface area contributed by atoms with E-state index in [1.54, 1.807) is 0 Å². The monoisotopic (exact) mass is 172 g/mol. The summed E-state index contributed by atoms with van der Waals surface area (Å²) in [6.07, 6.45) is 4.22. The molecule has 0 amide bonds. The fourth-order valence-electron chi connectivity index (χ4n) is 2.05. The maximum absolute atomic E-state index is 5.95. The van der Waals surface area contributed by atoms with Crippen molar-refractivity contribution < 1.29 is 8.85 Å². The number of hydrogen-bond acceptors (Lipinski definition) is 2. The molecule has 2 aliphatic heterocycles. The maximum atomic E-state index is 5.95. The summed E-state index contributed by atoms with van der Waals surface area (Å²) >= 11 is 0. The zero-order valence-corrected chi connectivity index (χ0v) is 8.14. The molecule has 0 aromatic heterocycles. The van der Waals surface area contributed by atoms with Gasteiger partial charge in [0.1, 0.15) is 0 Å². The van der Waals surface area contributed by atoms with Gasteiger partial charge in [0.2, 0.25) is 0 Å². The second-order valence-corrected chi connectivity index (χ2v) is 7.03. The van der Waals surface area contributed by atoms with Crippen molar-refractivity contribution >= 4 is 8.56 Å². The Morgan fingerprint density at radius 3 is 2.64 bits per heavy atom. The van der Waals surface area contributed by atoms with Crippen LogP contribution in [0.2, 0.25) is 12.1 Å². The smallest absolute Gasteiger partial charge is 0.338 e. The van der Waals surface area contributed by atoms with Gasteiger partial charge in [-0.05, 0) is 25.4 Å². The fourth-order valence-corrected chi connectivity index (χ4v) is 5.81. The van der Waals surface area contributed by atoms with Crippen molar-refractivity contribution in [3.8, 4) is 0 Å². The van der Waals surface area contributed by atoms with Crippen LogP contribution in [0.5, 0.6) is 0 Å². The van der Waals surface area contributed by atoms with E-state index >= 15 is 0 Å². The summed E-state index contributed by atoms with van der Waals surface area (Å²) in [5, 5.41) is 0. The average molecular weight is 172 g/mol. The van der Waals surface area contributed by atoms with Crippen LogP contribution in [0.15, 0.2) is 0 Å². The van der Waals surface area contributed by atoms with Crippen LogP contribution in [-0.4, -0.2) is 21.3 Å². The molecule has 0 aromatic rings. The molecular weight excluding hydrogens is 156 g/mol. The van der Waals surface area contributed by atoms with Crippen LogP contribution in [0.1, 0.15) is 26.2 Å². The quantitative estimate of drug-likeness (QED) is 0.521. The van der Waals surface area contributed by atoms with E-state index in [9.17, 15) is 0 Å². The summed E-state index contributed by atoms with van der Waals surface area (Å²) < 4.78 is 11.8. The summed E-state index contributed by atoms with van der Waals surface area (Å²) in [7, 11) is -1.58. The first-order valence-corrected chi connectivity index (χ1v) is 6.86. The van der Waals surface area contributed by atoms with Gasteiger partial charge in [0.05, 0.1) is 0 Å². The second kappa shape index (κ2) is 2.88. The van der Waals surface area contributed by atoms with E-state index in [0.717, 1.165) is 13.0 Å². The van der Waals surface area contributed by atoms with Gasteiger partial charge in [-0.2, -0.15) is 0 Å². The Morgan fingerprint density at radius 1 is 1.27 bits per heavy atom. The van der Waals surface area contributed by atoms with Crippen molar-refractivity contribution in [2.45, 2.75) is 44.4 Å². The van der Waals surface area contributed by atoms with Crippen molar-refractivity contribution in [3.05, 3.63) is 0 Å². The van der Waals surface area contributed by atoms with Gasteiger partial charge in [-0.15, -0.1) is 0 Å². The molecule has 64 valence electrons. The molecule has 1 spiro atoms. The maximum Gasteiger partial charge on any atom is 0.338 e. The first-order valence-electron chi connectivity index (χ1n) is 4.63. The van der Waals surface area contributed by atoms with Crippen LogP contribution in [0.3, 0.4) is 0 Å². The molecule has 0 radical (unpaired) electrons. The van der Waals surface area contributed by atoms with Crippen LogP contribution in [0.25, 0.3) is 0 Å². The van der Waals surface area contributed by atoms with Crippen molar-refractivity contribution in [3.63, 3.8) is 0 Å². The molecule has 2 heterocycles. The molecule has 0 aliphatic carbocycles. The highest BCUT2D eigenvalue weighted by atomic mass is 28.4. The van der Waals surface area contributed by atoms with E-state index < -0.39 is 8.56 Å². The standard InChI is InChI=1S/C8H16O2Si/c1-8-4-5-9-11(10-8)6-2-3-7-11/h8H,2-7H2,1H3. The van der Waals surface area contributed by atoms with Gasteiger partial charge in [-0.1, -0.05) is 12.8 Å². The molecule has 0 saturated carbocycles. The normalized spacial score (nSPS) is 36.3. The summed E-state index contributed by atoms with van der Waals surface area (Å²) in [5.41, 5.74) is 0. The predicted molar refractivity (Wildman–Crippen MR) is 45.7 cm³/mol. The zero-order chi connectivity index (χ0) is 7.73. The topological polar surface area (TPSA) is 18.5 Å². The minimum atomic E-state index is -1.58. The lowest BCUT2D eigenvalue weighted by Crippen LogP contribution is -2.46. The lowest BCUT2D eigenvalue weighted by Gasteiger charge is -2.34. The molecule has 0 bridgehead atoms. The summed E-state index contributed by atoms with van der Waals surface area (Å²) in [6, 6.07) is 2.49. The molecule has 2 nitrogen and oxygen atoms in total. The van der Waals surface area contributed by atoms with E-state index in [1.807, 2.05) is 0 Å². The van der Waals surface area contributed by atoms with E-state index in [-0.39, 0.29) is 0 Å². The molecule has 2 rings (SSSR count). The van der Waals surface area contributed by atoms with Gasteiger partial charge in [0.25, 0.3) is 0 Å². The van der Waals surface area contributed by atoms with E-state index in [0.29, 0.717) is 6.10 Å². The minimum absolute atomic E-state index is 0.466. The molecule has 0 aromatic carbocycles. The largest absolute Gasteiger partial charge is 0.394 e. The molecule has 2 aliphatic rings. The summed E-state index contributed by atoms with van der Waals surface area (Å²) in [5.74, 6) is 0. The van der Waals surface area contributed by atoms with Crippen molar-refractivity contribution in [1.29, 1.82) is 0 Å². The van der Waals surface area contributed by atoms with Gasteiger partial charge in [0.15, 0.2) is 0 Å². The van der Waals surface area contributed by atoms with Crippen LogP contribution >= 0.6 is 0 Å². The molecular formula is C8H16O2Si. The Hall–Kier alpha value is 0.137. The molecule has 1 atom stereocenters. The zero-order valence-electron chi connectivity index (χ0n) is 7.14. The van der Waals surface area contributed by atoms with E-state index in [2.05, 4.69) is 6.92 Å². The number of rotatable bonds is 0. The predicted octanol–water partition coefficient (Wildman–Crippen LogP) is 2.05. The first kappa shape index (κ1) is 7.77. The molecule has 0 N–H and O–H groups in total. The average Bonchev–Trinajstić information content (AvgIpc) is 2.37. The van der Waals surface area contributed by atoms with Gasteiger partial charge in [0, 0.05) is 12.7 Å². The highest BCUT2D eigenvalue weighted by Crippen LogP contribution is 2.35. The van der Waals surface area contributed by atoms with Crippen molar-refractivity contribution in [1.82, 2.24) is 0 Å². The van der Waals surface area contributed by atoms with Gasteiger partial charge in [-0.25, -0.2) is 0 Å². The highest BCUT2D eigenvalue weighted by Gasteiger charge is 2.44. The van der Waals surface area contributed by atoms with Gasteiger partial charge >= 0.3 is 8.56 Å². The van der Waals surface area contributed by atoms with Gasteiger partial charge < -0.3 is 8.85 Å². The highest BCUT2D eigenvalue weighted by molar-refractivity contribution is 6.68. The first-order chi connectivity index (χ1) is 5.31. The third-order valence-electron chi connectivity index (χ3n) is 2.67. The molecule has 11 heavy (non-hydrogen) atoms. The Morgan fingerprint density at radius 2 is 2.00 bits per heavy atom. The Balaban J connectivity index is 2.00. The van der Waals surface area contributed by atoms with E-state index in [4.69, 9.17) is 8.85 Å².